The summed E-state index contributed by atoms with van der Waals surface area (Å²) in [4.78, 5) is 11.6. The number of aryl methyl sites for hydroxylation is 3. The molecule has 1 atom stereocenters. The van der Waals surface area contributed by atoms with Crippen molar-refractivity contribution in [1.29, 1.82) is 0 Å². The standard InChI is InChI=1S/C20H20O2/c21-20-17(11-12-22-20)8-6-14-5-7-16-10-9-15-3-1-2-4-18(15)19(16)13-14/h1-5,7,13,17H,6,8-12H2. The Balaban J connectivity index is 1.58. The third-order valence-electron chi connectivity index (χ3n) is 4.97. The van der Waals surface area contributed by atoms with Crippen molar-refractivity contribution in [3.63, 3.8) is 0 Å². The highest BCUT2D eigenvalue weighted by Gasteiger charge is 2.26. The maximum atomic E-state index is 11.6. The van der Waals surface area contributed by atoms with Crippen LogP contribution in [0.3, 0.4) is 0 Å². The lowest BCUT2D eigenvalue weighted by Gasteiger charge is -2.20. The summed E-state index contributed by atoms with van der Waals surface area (Å²) in [7, 11) is 0. The molecule has 4 rings (SSSR count). The number of fused-ring (bicyclic) bond motifs is 3. The molecule has 2 aromatic rings. The maximum Gasteiger partial charge on any atom is 0.309 e. The lowest BCUT2D eigenvalue weighted by atomic mass is 9.84. The van der Waals surface area contributed by atoms with Crippen LogP contribution >= 0.6 is 0 Å². The molecule has 1 heterocycles. The summed E-state index contributed by atoms with van der Waals surface area (Å²) in [6.07, 6.45) is 5.00. The zero-order chi connectivity index (χ0) is 14.9. The topological polar surface area (TPSA) is 26.3 Å². The zero-order valence-corrected chi connectivity index (χ0v) is 12.7. The van der Waals surface area contributed by atoms with Gasteiger partial charge in [0, 0.05) is 0 Å². The van der Waals surface area contributed by atoms with Gasteiger partial charge in [-0.25, -0.2) is 0 Å². The molecule has 112 valence electrons. The van der Waals surface area contributed by atoms with Crippen molar-refractivity contribution in [2.75, 3.05) is 6.61 Å². The van der Waals surface area contributed by atoms with Crippen molar-refractivity contribution in [3.05, 3.63) is 59.2 Å². The Kier molecular flexibility index (Phi) is 3.45. The van der Waals surface area contributed by atoms with Crippen LogP contribution in [0.4, 0.5) is 0 Å². The number of esters is 1. The summed E-state index contributed by atoms with van der Waals surface area (Å²) < 4.78 is 5.05. The molecule has 0 aromatic heterocycles. The van der Waals surface area contributed by atoms with Crippen LogP contribution in [0.2, 0.25) is 0 Å². The molecule has 1 aliphatic heterocycles. The zero-order valence-electron chi connectivity index (χ0n) is 12.7. The number of rotatable bonds is 3. The number of benzene rings is 2. The minimum atomic E-state index is -0.0108. The SMILES string of the molecule is O=C1OCCC1CCc1ccc2c(c1)-c1ccccc1CC2. The molecule has 0 saturated carbocycles. The molecule has 0 bridgehead atoms. The van der Waals surface area contributed by atoms with Gasteiger partial charge in [-0.3, -0.25) is 4.79 Å². The van der Waals surface area contributed by atoms with Gasteiger partial charge in [0.25, 0.3) is 0 Å². The second-order valence-electron chi connectivity index (χ2n) is 6.34. The van der Waals surface area contributed by atoms with Crippen LogP contribution in [-0.2, 0) is 28.8 Å². The molecule has 2 aromatic carbocycles. The number of cyclic esters (lactones) is 1. The normalized spacial score (nSPS) is 19.5. The molecular weight excluding hydrogens is 272 g/mol. The van der Waals surface area contributed by atoms with E-state index in [9.17, 15) is 4.79 Å². The number of carbonyl (C=O) groups excluding carboxylic acids is 1. The molecule has 1 unspecified atom stereocenters. The highest BCUT2D eigenvalue weighted by Crippen LogP contribution is 2.34. The van der Waals surface area contributed by atoms with E-state index in [0.29, 0.717) is 6.61 Å². The molecule has 2 nitrogen and oxygen atoms in total. The van der Waals surface area contributed by atoms with E-state index in [2.05, 4.69) is 42.5 Å². The van der Waals surface area contributed by atoms with Crippen LogP contribution in [0, 0.1) is 5.92 Å². The summed E-state index contributed by atoms with van der Waals surface area (Å²) in [5.74, 6) is 0.0895. The fourth-order valence-electron chi connectivity index (χ4n) is 3.66. The van der Waals surface area contributed by atoms with Gasteiger partial charge in [0.05, 0.1) is 12.5 Å². The quantitative estimate of drug-likeness (QED) is 0.801. The first-order chi connectivity index (χ1) is 10.8. The van der Waals surface area contributed by atoms with Crippen LogP contribution in [0.1, 0.15) is 29.5 Å². The first kappa shape index (κ1) is 13.6. The van der Waals surface area contributed by atoms with Gasteiger partial charge in [-0.2, -0.15) is 0 Å². The van der Waals surface area contributed by atoms with Crippen molar-refractivity contribution >= 4 is 5.97 Å². The molecule has 1 aliphatic carbocycles. The third kappa shape index (κ3) is 2.43. The molecule has 0 radical (unpaired) electrons. The molecule has 1 saturated heterocycles. The fraction of sp³-hybridized carbons (Fsp3) is 0.350. The average Bonchev–Trinajstić information content (AvgIpc) is 2.98. The summed E-state index contributed by atoms with van der Waals surface area (Å²) in [5.41, 5.74) is 6.99. The maximum absolute atomic E-state index is 11.6. The van der Waals surface area contributed by atoms with Gasteiger partial charge in [0.1, 0.15) is 0 Å². The van der Waals surface area contributed by atoms with Crippen LogP contribution in [0.5, 0.6) is 0 Å². The van der Waals surface area contributed by atoms with E-state index in [4.69, 9.17) is 4.74 Å². The smallest absolute Gasteiger partial charge is 0.309 e. The molecule has 0 N–H and O–H groups in total. The van der Waals surface area contributed by atoms with Gasteiger partial charge in [-0.15, -0.1) is 0 Å². The van der Waals surface area contributed by atoms with Crippen LogP contribution in [0.25, 0.3) is 11.1 Å². The molecule has 0 spiro atoms. The number of hydrogen-bond acceptors (Lipinski definition) is 2. The van der Waals surface area contributed by atoms with Crippen molar-refractivity contribution < 1.29 is 9.53 Å². The summed E-state index contributed by atoms with van der Waals surface area (Å²) in [6, 6.07) is 15.5. The summed E-state index contributed by atoms with van der Waals surface area (Å²) in [5, 5.41) is 0. The lowest BCUT2D eigenvalue weighted by Crippen LogP contribution is -2.09. The van der Waals surface area contributed by atoms with Crippen molar-refractivity contribution in [2.45, 2.75) is 32.1 Å². The molecular formula is C20H20O2. The van der Waals surface area contributed by atoms with Gasteiger partial charge in [0.15, 0.2) is 0 Å². The Hall–Kier alpha value is -2.09. The number of hydrogen-bond donors (Lipinski definition) is 0. The van der Waals surface area contributed by atoms with E-state index in [1.54, 1.807) is 0 Å². The predicted octanol–water partition coefficient (Wildman–Crippen LogP) is 3.95. The van der Waals surface area contributed by atoms with E-state index < -0.39 is 0 Å². The third-order valence-corrected chi connectivity index (χ3v) is 4.97. The van der Waals surface area contributed by atoms with Gasteiger partial charge in [-0.05, 0) is 59.9 Å². The molecule has 2 aliphatic rings. The second-order valence-corrected chi connectivity index (χ2v) is 6.34. The summed E-state index contributed by atoms with van der Waals surface area (Å²) in [6.45, 7) is 0.598. The van der Waals surface area contributed by atoms with Crippen LogP contribution in [-0.4, -0.2) is 12.6 Å². The second kappa shape index (κ2) is 5.60. The first-order valence-corrected chi connectivity index (χ1v) is 8.18. The van der Waals surface area contributed by atoms with Gasteiger partial charge < -0.3 is 4.74 Å². The Morgan fingerprint density at radius 3 is 2.64 bits per heavy atom. The number of ether oxygens (including phenoxy) is 1. The first-order valence-electron chi connectivity index (χ1n) is 8.18. The number of carbonyl (C=O) groups is 1. The molecule has 1 fully saturated rings. The Morgan fingerprint density at radius 2 is 1.82 bits per heavy atom. The van der Waals surface area contributed by atoms with Crippen LogP contribution in [0.15, 0.2) is 42.5 Å². The molecule has 2 heteroatoms. The van der Waals surface area contributed by atoms with Gasteiger partial charge in [-0.1, -0.05) is 42.5 Å². The highest BCUT2D eigenvalue weighted by atomic mass is 16.5. The van der Waals surface area contributed by atoms with E-state index in [0.717, 1.165) is 32.1 Å². The van der Waals surface area contributed by atoms with Crippen molar-refractivity contribution in [2.24, 2.45) is 5.92 Å². The van der Waals surface area contributed by atoms with Crippen molar-refractivity contribution in [1.82, 2.24) is 0 Å². The Bertz CT molecular complexity index is 717. The van der Waals surface area contributed by atoms with Gasteiger partial charge in [0.2, 0.25) is 0 Å². The van der Waals surface area contributed by atoms with Gasteiger partial charge >= 0.3 is 5.97 Å². The van der Waals surface area contributed by atoms with Crippen molar-refractivity contribution in [3.8, 4) is 11.1 Å². The summed E-state index contributed by atoms with van der Waals surface area (Å²) >= 11 is 0. The Labute approximate surface area is 131 Å². The average molecular weight is 292 g/mol. The monoisotopic (exact) mass is 292 g/mol. The van der Waals surface area contributed by atoms with E-state index in [-0.39, 0.29) is 11.9 Å². The minimum Gasteiger partial charge on any atom is -0.465 e. The molecule has 22 heavy (non-hydrogen) atoms. The van der Waals surface area contributed by atoms with E-state index in [1.165, 1.54) is 27.8 Å². The minimum absolute atomic E-state index is 0.0108. The highest BCUT2D eigenvalue weighted by molar-refractivity contribution is 5.75. The fourth-order valence-corrected chi connectivity index (χ4v) is 3.66. The van der Waals surface area contributed by atoms with Crippen LogP contribution < -0.4 is 0 Å². The molecule has 0 amide bonds. The largest absolute Gasteiger partial charge is 0.465 e. The van der Waals surface area contributed by atoms with E-state index in [1.807, 2.05) is 0 Å². The van der Waals surface area contributed by atoms with E-state index >= 15 is 0 Å². The lowest BCUT2D eigenvalue weighted by molar-refractivity contribution is -0.141. The predicted molar refractivity (Wildman–Crippen MR) is 86.7 cm³/mol. The Morgan fingerprint density at radius 1 is 1.00 bits per heavy atom.